The first-order chi connectivity index (χ1) is 11.0. The first-order valence-electron chi connectivity index (χ1n) is 7.28. The number of thiazole rings is 1. The van der Waals surface area contributed by atoms with E-state index in [1.165, 1.54) is 11.3 Å². The van der Waals surface area contributed by atoms with Crippen LogP contribution in [0.2, 0.25) is 5.02 Å². The molecule has 2 amide bonds. The van der Waals surface area contributed by atoms with Crippen molar-refractivity contribution < 1.29 is 9.59 Å². The van der Waals surface area contributed by atoms with Crippen molar-refractivity contribution in [3.63, 3.8) is 0 Å². The summed E-state index contributed by atoms with van der Waals surface area (Å²) in [6.07, 6.45) is 1.08. The Hall–Kier alpha value is -1.92. The molecule has 0 fully saturated rings. The predicted octanol–water partition coefficient (Wildman–Crippen LogP) is 3.51. The van der Waals surface area contributed by atoms with Crippen LogP contribution in [-0.2, 0) is 11.2 Å². The molecule has 7 heteroatoms. The van der Waals surface area contributed by atoms with E-state index in [2.05, 4.69) is 15.6 Å². The fraction of sp³-hybridized carbons (Fsp3) is 0.312. The lowest BCUT2D eigenvalue weighted by atomic mass is 10.1. The predicted molar refractivity (Wildman–Crippen MR) is 93.1 cm³/mol. The number of carbonyl (C=O) groups is 2. The number of rotatable bonds is 6. The van der Waals surface area contributed by atoms with E-state index in [0.717, 1.165) is 12.0 Å². The minimum Gasteiger partial charge on any atom is -0.348 e. The Morgan fingerprint density at radius 2 is 2.00 bits per heavy atom. The number of amides is 2. The van der Waals surface area contributed by atoms with Crippen LogP contribution in [0.5, 0.6) is 0 Å². The molecule has 0 unspecified atom stereocenters. The zero-order valence-electron chi connectivity index (χ0n) is 12.9. The summed E-state index contributed by atoms with van der Waals surface area (Å²) in [4.78, 5) is 28.1. The molecular formula is C16H18ClN3O2S. The molecule has 0 radical (unpaired) electrons. The van der Waals surface area contributed by atoms with Crippen LogP contribution < -0.4 is 10.6 Å². The maximum atomic E-state index is 12.0. The Kier molecular flexibility index (Phi) is 6.12. The van der Waals surface area contributed by atoms with Gasteiger partial charge in [-0.2, -0.15) is 0 Å². The number of aromatic nitrogens is 1. The normalized spacial score (nSPS) is 11.8. The molecule has 0 bridgehead atoms. The van der Waals surface area contributed by atoms with Gasteiger partial charge in [-0.3, -0.25) is 9.59 Å². The number of carbonyl (C=O) groups excluding carboxylic acids is 2. The van der Waals surface area contributed by atoms with Crippen LogP contribution in [0.3, 0.4) is 0 Å². The molecule has 0 saturated heterocycles. The molecule has 1 heterocycles. The molecule has 2 N–H and O–H groups in total. The molecule has 1 atom stereocenters. The molecule has 0 aliphatic heterocycles. The molecule has 0 spiro atoms. The zero-order chi connectivity index (χ0) is 16.8. The van der Waals surface area contributed by atoms with E-state index in [1.807, 2.05) is 13.8 Å². The molecule has 2 rings (SSSR count). The van der Waals surface area contributed by atoms with Gasteiger partial charge in [-0.1, -0.05) is 30.7 Å². The second-order valence-electron chi connectivity index (χ2n) is 5.17. The standard InChI is InChI=1S/C16H18ClN3O2S/c1-3-10(2)18-15(22)13-9-23-16(19-13)20-14(21)8-11-4-6-12(17)7-5-11/h4-7,9-10H,3,8H2,1-2H3,(H,18,22)(H,19,20,21)/t10-/m0/s1. The lowest BCUT2D eigenvalue weighted by Crippen LogP contribution is -2.32. The summed E-state index contributed by atoms with van der Waals surface area (Å²) in [6.45, 7) is 3.92. The third kappa shape index (κ3) is 5.33. The molecule has 2 aromatic rings. The molecule has 1 aromatic heterocycles. The van der Waals surface area contributed by atoms with Gasteiger partial charge in [-0.05, 0) is 31.0 Å². The van der Waals surface area contributed by atoms with Crippen molar-refractivity contribution in [2.45, 2.75) is 32.7 Å². The van der Waals surface area contributed by atoms with Crippen LogP contribution in [-0.4, -0.2) is 22.8 Å². The average molecular weight is 352 g/mol. The summed E-state index contributed by atoms with van der Waals surface area (Å²) < 4.78 is 0. The molecule has 0 aliphatic rings. The van der Waals surface area contributed by atoms with E-state index >= 15 is 0 Å². The van der Waals surface area contributed by atoms with Crippen LogP contribution in [0.15, 0.2) is 29.6 Å². The first-order valence-corrected chi connectivity index (χ1v) is 8.54. The third-order valence-corrected chi connectivity index (χ3v) is 4.26. The van der Waals surface area contributed by atoms with E-state index in [1.54, 1.807) is 29.6 Å². The Bertz CT molecular complexity index is 685. The molecule has 5 nitrogen and oxygen atoms in total. The highest BCUT2D eigenvalue weighted by Gasteiger charge is 2.14. The van der Waals surface area contributed by atoms with Crippen molar-refractivity contribution >= 4 is 39.9 Å². The van der Waals surface area contributed by atoms with Gasteiger partial charge in [0.2, 0.25) is 5.91 Å². The van der Waals surface area contributed by atoms with Crippen molar-refractivity contribution in [3.05, 3.63) is 45.9 Å². The van der Waals surface area contributed by atoms with Gasteiger partial charge in [-0.25, -0.2) is 4.98 Å². The van der Waals surface area contributed by atoms with Crippen LogP contribution in [0.4, 0.5) is 5.13 Å². The second kappa shape index (κ2) is 8.08. The van der Waals surface area contributed by atoms with Crippen molar-refractivity contribution in [2.75, 3.05) is 5.32 Å². The Balaban J connectivity index is 1.92. The second-order valence-corrected chi connectivity index (χ2v) is 6.47. The number of anilines is 1. The SMILES string of the molecule is CC[C@H](C)NC(=O)c1csc(NC(=O)Cc2ccc(Cl)cc2)n1. The van der Waals surface area contributed by atoms with Crippen LogP contribution in [0.1, 0.15) is 36.3 Å². The molecule has 0 aliphatic carbocycles. The third-order valence-electron chi connectivity index (χ3n) is 3.25. The summed E-state index contributed by atoms with van der Waals surface area (Å²) in [7, 11) is 0. The van der Waals surface area contributed by atoms with Gasteiger partial charge >= 0.3 is 0 Å². The van der Waals surface area contributed by atoms with E-state index in [-0.39, 0.29) is 24.3 Å². The lowest BCUT2D eigenvalue weighted by Gasteiger charge is -2.09. The van der Waals surface area contributed by atoms with Crippen LogP contribution >= 0.6 is 22.9 Å². The molecule has 1 aromatic carbocycles. The summed E-state index contributed by atoms with van der Waals surface area (Å²) in [5.41, 5.74) is 1.18. The van der Waals surface area contributed by atoms with Gasteiger partial charge in [-0.15, -0.1) is 11.3 Å². The van der Waals surface area contributed by atoms with Crippen molar-refractivity contribution in [1.29, 1.82) is 0 Å². The number of halogens is 1. The highest BCUT2D eigenvalue weighted by Crippen LogP contribution is 2.16. The molecule has 23 heavy (non-hydrogen) atoms. The fourth-order valence-corrected chi connectivity index (χ4v) is 2.62. The number of nitrogens with zero attached hydrogens (tertiary/aromatic N) is 1. The maximum Gasteiger partial charge on any atom is 0.271 e. The summed E-state index contributed by atoms with van der Waals surface area (Å²) in [5, 5.41) is 8.22. The minimum atomic E-state index is -0.228. The van der Waals surface area contributed by atoms with E-state index < -0.39 is 0 Å². The monoisotopic (exact) mass is 351 g/mol. The van der Waals surface area contributed by atoms with Crippen LogP contribution in [0, 0.1) is 0 Å². The van der Waals surface area contributed by atoms with E-state index in [9.17, 15) is 9.59 Å². The maximum absolute atomic E-state index is 12.0. The number of hydrogen-bond acceptors (Lipinski definition) is 4. The number of benzene rings is 1. The number of hydrogen-bond donors (Lipinski definition) is 2. The Morgan fingerprint density at radius 1 is 1.30 bits per heavy atom. The fourth-order valence-electron chi connectivity index (χ4n) is 1.79. The molecular weight excluding hydrogens is 334 g/mol. The van der Waals surface area contributed by atoms with Gasteiger partial charge in [0.25, 0.3) is 5.91 Å². The molecule has 122 valence electrons. The zero-order valence-corrected chi connectivity index (χ0v) is 14.5. The van der Waals surface area contributed by atoms with Gasteiger partial charge in [0.05, 0.1) is 6.42 Å². The van der Waals surface area contributed by atoms with Gasteiger partial charge < -0.3 is 10.6 Å². The first kappa shape index (κ1) is 17.4. The van der Waals surface area contributed by atoms with Crippen molar-refractivity contribution in [2.24, 2.45) is 0 Å². The smallest absolute Gasteiger partial charge is 0.271 e. The average Bonchev–Trinajstić information content (AvgIpc) is 2.98. The highest BCUT2D eigenvalue weighted by atomic mass is 35.5. The number of nitrogens with one attached hydrogen (secondary N) is 2. The van der Waals surface area contributed by atoms with Crippen molar-refractivity contribution in [1.82, 2.24) is 10.3 Å². The Labute approximate surface area is 144 Å². The summed E-state index contributed by atoms with van der Waals surface area (Å²) in [5.74, 6) is -0.413. The minimum absolute atomic E-state index is 0.0899. The van der Waals surface area contributed by atoms with Gasteiger partial charge in [0, 0.05) is 16.4 Å². The largest absolute Gasteiger partial charge is 0.348 e. The Morgan fingerprint density at radius 3 is 2.65 bits per heavy atom. The summed E-state index contributed by atoms with van der Waals surface area (Å²) in [6, 6.07) is 7.17. The van der Waals surface area contributed by atoms with Crippen molar-refractivity contribution in [3.8, 4) is 0 Å². The van der Waals surface area contributed by atoms with Gasteiger partial charge in [0.15, 0.2) is 5.13 Å². The topological polar surface area (TPSA) is 71.1 Å². The summed E-state index contributed by atoms with van der Waals surface area (Å²) >= 11 is 7.04. The molecule has 0 saturated carbocycles. The lowest BCUT2D eigenvalue weighted by molar-refractivity contribution is -0.115. The highest BCUT2D eigenvalue weighted by molar-refractivity contribution is 7.14. The van der Waals surface area contributed by atoms with E-state index in [0.29, 0.717) is 15.8 Å². The van der Waals surface area contributed by atoms with E-state index in [4.69, 9.17) is 11.6 Å². The van der Waals surface area contributed by atoms with Gasteiger partial charge in [0.1, 0.15) is 5.69 Å². The quantitative estimate of drug-likeness (QED) is 0.836. The van der Waals surface area contributed by atoms with Crippen LogP contribution in [0.25, 0.3) is 0 Å².